The number of anilines is 2. The third-order valence-electron chi connectivity index (χ3n) is 4.50. The number of morpholine rings is 1. The van der Waals surface area contributed by atoms with Gasteiger partial charge in [-0.05, 0) is 24.3 Å². The molecule has 0 unspecified atom stereocenters. The van der Waals surface area contributed by atoms with Gasteiger partial charge in [-0.2, -0.15) is 4.98 Å². The number of aryl methyl sites for hydroxylation is 1. The highest BCUT2D eigenvalue weighted by Gasteiger charge is 2.16. The van der Waals surface area contributed by atoms with Crippen LogP contribution in [0.15, 0.2) is 53.3 Å². The van der Waals surface area contributed by atoms with Crippen molar-refractivity contribution < 1.29 is 14.1 Å². The molecule has 144 valence electrons. The van der Waals surface area contributed by atoms with Crippen molar-refractivity contribution in [3.05, 3.63) is 54.7 Å². The van der Waals surface area contributed by atoms with Crippen molar-refractivity contribution in [2.24, 2.45) is 0 Å². The summed E-state index contributed by atoms with van der Waals surface area (Å²) in [5.41, 5.74) is 2.64. The first-order valence-electron chi connectivity index (χ1n) is 9.24. The molecule has 1 aliphatic rings. The van der Waals surface area contributed by atoms with Gasteiger partial charge in [-0.3, -0.25) is 9.78 Å². The number of aromatic nitrogens is 3. The number of para-hydroxylation sites is 2. The summed E-state index contributed by atoms with van der Waals surface area (Å²) in [6, 6.07) is 11.4. The molecule has 3 aromatic rings. The summed E-state index contributed by atoms with van der Waals surface area (Å²) in [6.45, 7) is 3.01. The zero-order chi connectivity index (χ0) is 19.2. The van der Waals surface area contributed by atoms with Crippen molar-refractivity contribution >= 4 is 17.3 Å². The van der Waals surface area contributed by atoms with E-state index >= 15 is 0 Å². The van der Waals surface area contributed by atoms with Crippen LogP contribution < -0.4 is 10.2 Å². The molecular formula is C20H21N5O3. The molecule has 0 radical (unpaired) electrons. The highest BCUT2D eigenvalue weighted by Crippen LogP contribution is 2.26. The van der Waals surface area contributed by atoms with Gasteiger partial charge in [-0.15, -0.1) is 0 Å². The zero-order valence-corrected chi connectivity index (χ0v) is 15.4. The number of carbonyl (C=O) groups is 1. The monoisotopic (exact) mass is 379 g/mol. The summed E-state index contributed by atoms with van der Waals surface area (Å²) in [5.74, 6) is 0.836. The zero-order valence-electron chi connectivity index (χ0n) is 15.4. The second-order valence-corrected chi connectivity index (χ2v) is 6.41. The number of hydrogen-bond donors (Lipinski definition) is 1. The van der Waals surface area contributed by atoms with Gasteiger partial charge in [0.2, 0.25) is 17.6 Å². The molecule has 2 aromatic heterocycles. The molecule has 0 aliphatic carbocycles. The van der Waals surface area contributed by atoms with E-state index in [0.717, 1.165) is 30.0 Å². The number of amides is 1. The van der Waals surface area contributed by atoms with E-state index in [0.29, 0.717) is 31.3 Å². The minimum atomic E-state index is -0.0932. The SMILES string of the molecule is O=C(CCc1nc(-c2ccncc2)no1)Nc1ccccc1N1CCOCC1. The fraction of sp³-hybridized carbons (Fsp3) is 0.300. The predicted molar refractivity (Wildman–Crippen MR) is 104 cm³/mol. The van der Waals surface area contributed by atoms with Crippen LogP contribution in [0.25, 0.3) is 11.4 Å². The number of rotatable bonds is 6. The maximum Gasteiger partial charge on any atom is 0.227 e. The first-order valence-corrected chi connectivity index (χ1v) is 9.24. The Balaban J connectivity index is 1.36. The second-order valence-electron chi connectivity index (χ2n) is 6.41. The smallest absolute Gasteiger partial charge is 0.227 e. The molecule has 1 N–H and O–H groups in total. The van der Waals surface area contributed by atoms with Gasteiger partial charge in [-0.25, -0.2) is 0 Å². The van der Waals surface area contributed by atoms with Crippen LogP contribution >= 0.6 is 0 Å². The highest BCUT2D eigenvalue weighted by atomic mass is 16.5. The van der Waals surface area contributed by atoms with E-state index in [1.165, 1.54) is 0 Å². The molecule has 0 atom stereocenters. The summed E-state index contributed by atoms with van der Waals surface area (Å²) >= 11 is 0. The molecule has 28 heavy (non-hydrogen) atoms. The molecule has 0 saturated carbocycles. The van der Waals surface area contributed by atoms with Crippen molar-refractivity contribution in [1.82, 2.24) is 15.1 Å². The molecular weight excluding hydrogens is 358 g/mol. The van der Waals surface area contributed by atoms with Crippen molar-refractivity contribution in [2.75, 3.05) is 36.5 Å². The quantitative estimate of drug-likeness (QED) is 0.703. The average molecular weight is 379 g/mol. The lowest BCUT2D eigenvalue weighted by Gasteiger charge is -2.30. The van der Waals surface area contributed by atoms with Crippen LogP contribution in [0.5, 0.6) is 0 Å². The molecule has 4 rings (SSSR count). The van der Waals surface area contributed by atoms with Gasteiger partial charge < -0.3 is 19.5 Å². The van der Waals surface area contributed by atoms with Crippen molar-refractivity contribution in [3.8, 4) is 11.4 Å². The van der Waals surface area contributed by atoms with Gasteiger partial charge in [-0.1, -0.05) is 17.3 Å². The van der Waals surface area contributed by atoms with Gasteiger partial charge in [0.25, 0.3) is 0 Å². The molecule has 3 heterocycles. The van der Waals surface area contributed by atoms with Crippen LogP contribution in [0.2, 0.25) is 0 Å². The maximum atomic E-state index is 12.4. The van der Waals surface area contributed by atoms with Gasteiger partial charge in [0, 0.05) is 43.9 Å². The van der Waals surface area contributed by atoms with Crippen LogP contribution in [0.1, 0.15) is 12.3 Å². The van der Waals surface area contributed by atoms with Crippen LogP contribution in [0.4, 0.5) is 11.4 Å². The molecule has 0 bridgehead atoms. The Bertz CT molecular complexity index is 922. The largest absolute Gasteiger partial charge is 0.378 e. The maximum absolute atomic E-state index is 12.4. The van der Waals surface area contributed by atoms with E-state index in [2.05, 4.69) is 25.3 Å². The standard InChI is InChI=1S/C20H21N5O3/c26-18(5-6-19-23-20(24-28-19)15-7-9-21-10-8-15)22-16-3-1-2-4-17(16)25-11-13-27-14-12-25/h1-4,7-10H,5-6,11-14H2,(H,22,26). The summed E-state index contributed by atoms with van der Waals surface area (Å²) in [6.07, 6.45) is 3.98. The molecule has 1 fully saturated rings. The third-order valence-corrected chi connectivity index (χ3v) is 4.50. The van der Waals surface area contributed by atoms with E-state index in [9.17, 15) is 4.79 Å². The Morgan fingerprint density at radius 1 is 1.11 bits per heavy atom. The molecule has 8 heteroatoms. The minimum absolute atomic E-state index is 0.0932. The Hall–Kier alpha value is -3.26. The van der Waals surface area contributed by atoms with Crippen LogP contribution in [0, 0.1) is 0 Å². The van der Waals surface area contributed by atoms with Gasteiger partial charge in [0.05, 0.1) is 24.6 Å². The Kier molecular flexibility index (Phi) is 5.58. The number of pyridine rings is 1. The highest BCUT2D eigenvalue weighted by molar-refractivity contribution is 5.94. The first kappa shape index (κ1) is 18.1. The topological polar surface area (TPSA) is 93.4 Å². The van der Waals surface area contributed by atoms with E-state index in [-0.39, 0.29) is 12.3 Å². The van der Waals surface area contributed by atoms with Gasteiger partial charge in [0.15, 0.2) is 0 Å². The molecule has 1 aliphatic heterocycles. The molecule has 0 spiro atoms. The lowest BCUT2D eigenvalue weighted by Crippen LogP contribution is -2.36. The summed E-state index contributed by atoms with van der Waals surface area (Å²) < 4.78 is 10.7. The molecule has 1 saturated heterocycles. The van der Waals surface area contributed by atoms with E-state index in [1.54, 1.807) is 12.4 Å². The number of benzene rings is 1. The molecule has 1 amide bonds. The van der Waals surface area contributed by atoms with Crippen molar-refractivity contribution in [3.63, 3.8) is 0 Å². The Morgan fingerprint density at radius 2 is 1.89 bits per heavy atom. The third kappa shape index (κ3) is 4.34. The number of nitrogens with one attached hydrogen (secondary N) is 1. The summed E-state index contributed by atoms with van der Waals surface area (Å²) in [7, 11) is 0. The van der Waals surface area contributed by atoms with Crippen molar-refractivity contribution in [2.45, 2.75) is 12.8 Å². The predicted octanol–water partition coefficient (Wildman–Crippen LogP) is 2.54. The minimum Gasteiger partial charge on any atom is -0.378 e. The lowest BCUT2D eigenvalue weighted by molar-refractivity contribution is -0.116. The van der Waals surface area contributed by atoms with Crippen molar-refractivity contribution in [1.29, 1.82) is 0 Å². The first-order chi connectivity index (χ1) is 13.8. The fourth-order valence-electron chi connectivity index (χ4n) is 3.07. The van der Waals surface area contributed by atoms with E-state index in [4.69, 9.17) is 9.26 Å². The number of nitrogens with zero attached hydrogens (tertiary/aromatic N) is 4. The normalized spacial score (nSPS) is 14.1. The molecule has 1 aromatic carbocycles. The van der Waals surface area contributed by atoms with Gasteiger partial charge in [0.1, 0.15) is 0 Å². The van der Waals surface area contributed by atoms with Crippen LogP contribution in [-0.4, -0.2) is 47.3 Å². The Labute approximate surface area is 162 Å². The second kappa shape index (κ2) is 8.62. The molecule has 8 nitrogen and oxygen atoms in total. The van der Waals surface area contributed by atoms with Crippen LogP contribution in [0.3, 0.4) is 0 Å². The van der Waals surface area contributed by atoms with Gasteiger partial charge >= 0.3 is 0 Å². The summed E-state index contributed by atoms with van der Waals surface area (Å²) in [4.78, 5) is 23.0. The number of hydrogen-bond acceptors (Lipinski definition) is 7. The van der Waals surface area contributed by atoms with E-state index in [1.807, 2.05) is 36.4 Å². The number of ether oxygens (including phenoxy) is 1. The summed E-state index contributed by atoms with van der Waals surface area (Å²) in [5, 5.41) is 6.96. The van der Waals surface area contributed by atoms with E-state index < -0.39 is 0 Å². The fourth-order valence-corrected chi connectivity index (χ4v) is 3.07. The van der Waals surface area contributed by atoms with Crippen LogP contribution in [-0.2, 0) is 16.0 Å². The Morgan fingerprint density at radius 3 is 2.71 bits per heavy atom. The lowest BCUT2D eigenvalue weighted by atomic mass is 10.2. The average Bonchev–Trinajstić information content (AvgIpc) is 3.23. The number of carbonyl (C=O) groups excluding carboxylic acids is 1.